The van der Waals surface area contributed by atoms with Gasteiger partial charge in [-0.2, -0.15) is 0 Å². The summed E-state index contributed by atoms with van der Waals surface area (Å²) in [5, 5.41) is 0. The van der Waals surface area contributed by atoms with Crippen LogP contribution in [0, 0.1) is 5.82 Å². The van der Waals surface area contributed by atoms with Crippen LogP contribution in [0.4, 0.5) is 4.39 Å². The lowest BCUT2D eigenvalue weighted by Crippen LogP contribution is -2.14. The first-order chi connectivity index (χ1) is 9.02. The lowest BCUT2D eigenvalue weighted by Gasteiger charge is -2.13. The Bertz CT molecular complexity index is 588. The molecule has 2 rings (SSSR count). The maximum atomic E-state index is 14.0. The number of hydrogen-bond donors (Lipinski definition) is 1. The number of thiophene rings is 1. The van der Waals surface area contributed by atoms with Crippen molar-refractivity contribution in [3.05, 3.63) is 49.9 Å². The van der Waals surface area contributed by atoms with Gasteiger partial charge in [0.2, 0.25) is 0 Å². The molecule has 0 saturated heterocycles. The highest BCUT2D eigenvalue weighted by Gasteiger charge is 2.17. The Hall–Kier alpha value is -0.810. The van der Waals surface area contributed by atoms with E-state index in [0.717, 1.165) is 5.56 Å². The molecular formula is C13H12Cl2FNOS. The normalized spacial score (nSPS) is 12.5. The van der Waals surface area contributed by atoms with Gasteiger partial charge >= 0.3 is 0 Å². The van der Waals surface area contributed by atoms with E-state index < -0.39 is 11.9 Å². The smallest absolute Gasteiger partial charge is 0.168 e. The molecule has 0 amide bonds. The predicted molar refractivity (Wildman–Crippen MR) is 77.9 cm³/mol. The zero-order valence-electron chi connectivity index (χ0n) is 10.1. The molecule has 1 atom stereocenters. The monoisotopic (exact) mass is 319 g/mol. The summed E-state index contributed by atoms with van der Waals surface area (Å²) < 4.78 is 20.1. The van der Waals surface area contributed by atoms with Gasteiger partial charge < -0.3 is 10.5 Å². The second-order valence-corrected chi connectivity index (χ2v) is 6.31. The molecule has 19 heavy (non-hydrogen) atoms. The second-order valence-electron chi connectivity index (χ2n) is 4.02. The zero-order valence-corrected chi connectivity index (χ0v) is 12.4. The summed E-state index contributed by atoms with van der Waals surface area (Å²) in [5.74, 6) is -0.183. The van der Waals surface area contributed by atoms with Gasteiger partial charge in [0.1, 0.15) is 0 Å². The molecule has 2 nitrogen and oxygen atoms in total. The van der Waals surface area contributed by atoms with E-state index >= 15 is 0 Å². The van der Waals surface area contributed by atoms with Crippen molar-refractivity contribution in [1.82, 2.24) is 0 Å². The summed E-state index contributed by atoms with van der Waals surface area (Å²) in [7, 11) is 1.43. The van der Waals surface area contributed by atoms with Crippen LogP contribution in [0.5, 0.6) is 5.75 Å². The maximum Gasteiger partial charge on any atom is 0.168 e. The average Bonchev–Trinajstić information content (AvgIpc) is 2.71. The minimum Gasteiger partial charge on any atom is -0.494 e. The van der Waals surface area contributed by atoms with Gasteiger partial charge in [-0.1, -0.05) is 35.3 Å². The first-order valence-corrected chi connectivity index (χ1v) is 7.12. The van der Waals surface area contributed by atoms with E-state index in [-0.39, 0.29) is 5.75 Å². The first-order valence-electron chi connectivity index (χ1n) is 5.54. The van der Waals surface area contributed by atoms with Gasteiger partial charge in [0.25, 0.3) is 0 Å². The van der Waals surface area contributed by atoms with Crippen molar-refractivity contribution in [3.8, 4) is 5.75 Å². The van der Waals surface area contributed by atoms with E-state index in [2.05, 4.69) is 0 Å². The van der Waals surface area contributed by atoms with E-state index in [4.69, 9.17) is 33.7 Å². The Labute approximate surface area is 124 Å². The molecule has 0 aliphatic rings. The molecule has 1 aromatic heterocycles. The number of nitrogens with two attached hydrogens (primary N) is 1. The fourth-order valence-electron chi connectivity index (χ4n) is 1.82. The molecule has 2 N–H and O–H groups in total. The van der Waals surface area contributed by atoms with Gasteiger partial charge in [-0.3, -0.25) is 0 Å². The fourth-order valence-corrected chi connectivity index (χ4v) is 3.42. The molecule has 0 radical (unpaired) electrons. The van der Waals surface area contributed by atoms with Crippen LogP contribution >= 0.6 is 34.5 Å². The predicted octanol–water partition coefficient (Wildman–Crippen LogP) is 4.45. The van der Waals surface area contributed by atoms with Crippen LogP contribution < -0.4 is 10.5 Å². The van der Waals surface area contributed by atoms with Crippen molar-refractivity contribution in [1.29, 1.82) is 0 Å². The number of hydrogen-bond acceptors (Lipinski definition) is 3. The van der Waals surface area contributed by atoms with Crippen molar-refractivity contribution in [3.63, 3.8) is 0 Å². The SMILES string of the molecule is COc1cccc(CC(N)c2cc(Cl)sc2Cl)c1F. The molecule has 1 heterocycles. The summed E-state index contributed by atoms with van der Waals surface area (Å²) in [5.41, 5.74) is 7.28. The van der Waals surface area contributed by atoms with E-state index in [1.807, 2.05) is 0 Å². The third-order valence-electron chi connectivity index (χ3n) is 2.79. The Morgan fingerprint density at radius 1 is 1.42 bits per heavy atom. The summed E-state index contributed by atoms with van der Waals surface area (Å²) in [6.07, 6.45) is 0.329. The van der Waals surface area contributed by atoms with Crippen LogP contribution in [0.3, 0.4) is 0 Å². The van der Waals surface area contributed by atoms with Crippen LogP contribution in [0.25, 0.3) is 0 Å². The van der Waals surface area contributed by atoms with Crippen molar-refractivity contribution in [2.75, 3.05) is 7.11 Å². The van der Waals surface area contributed by atoms with Crippen molar-refractivity contribution < 1.29 is 9.13 Å². The van der Waals surface area contributed by atoms with Crippen LogP contribution in [-0.4, -0.2) is 7.11 Å². The van der Waals surface area contributed by atoms with Crippen LogP contribution in [0.2, 0.25) is 8.67 Å². The Kier molecular flexibility index (Phi) is 4.68. The summed E-state index contributed by atoms with van der Waals surface area (Å²) in [6, 6.07) is 6.29. The van der Waals surface area contributed by atoms with Gasteiger partial charge in [-0.05, 0) is 24.1 Å². The maximum absolute atomic E-state index is 14.0. The third-order valence-corrected chi connectivity index (χ3v) is 4.30. The molecule has 0 aliphatic carbocycles. The van der Waals surface area contributed by atoms with Crippen LogP contribution in [-0.2, 0) is 6.42 Å². The lowest BCUT2D eigenvalue weighted by molar-refractivity contribution is 0.383. The number of halogens is 3. The van der Waals surface area contributed by atoms with E-state index in [9.17, 15) is 4.39 Å². The summed E-state index contributed by atoms with van der Waals surface area (Å²) in [4.78, 5) is 0. The standard InChI is InChI=1S/C13H12Cl2FNOS/c1-18-10-4-2-3-7(12(10)16)5-9(17)8-6-11(14)19-13(8)15/h2-4,6,9H,5,17H2,1H3. The van der Waals surface area contributed by atoms with Crippen molar-refractivity contribution in [2.24, 2.45) is 5.73 Å². The zero-order chi connectivity index (χ0) is 14.0. The topological polar surface area (TPSA) is 35.2 Å². The Morgan fingerprint density at radius 3 is 2.74 bits per heavy atom. The van der Waals surface area contributed by atoms with Crippen LogP contribution in [0.15, 0.2) is 24.3 Å². The number of benzene rings is 1. The Morgan fingerprint density at radius 2 is 2.16 bits per heavy atom. The van der Waals surface area contributed by atoms with Crippen LogP contribution in [0.1, 0.15) is 17.2 Å². The van der Waals surface area contributed by atoms with Gasteiger partial charge in [-0.25, -0.2) is 4.39 Å². The van der Waals surface area contributed by atoms with Crippen molar-refractivity contribution >= 4 is 34.5 Å². The number of methoxy groups -OCH3 is 1. The van der Waals surface area contributed by atoms with E-state index in [0.29, 0.717) is 20.7 Å². The molecule has 0 saturated carbocycles. The summed E-state index contributed by atoms with van der Waals surface area (Å²) >= 11 is 13.2. The number of rotatable bonds is 4. The molecule has 0 spiro atoms. The van der Waals surface area contributed by atoms with Gasteiger partial charge in [0, 0.05) is 11.6 Å². The first kappa shape index (κ1) is 14.6. The molecular weight excluding hydrogens is 308 g/mol. The minimum absolute atomic E-state index is 0.208. The molecule has 1 unspecified atom stereocenters. The van der Waals surface area contributed by atoms with Crippen molar-refractivity contribution in [2.45, 2.75) is 12.5 Å². The largest absolute Gasteiger partial charge is 0.494 e. The molecule has 1 aromatic carbocycles. The second kappa shape index (κ2) is 6.09. The quantitative estimate of drug-likeness (QED) is 0.903. The number of ether oxygens (including phenoxy) is 1. The molecule has 2 aromatic rings. The minimum atomic E-state index is -0.405. The van der Waals surface area contributed by atoms with E-state index in [1.54, 1.807) is 24.3 Å². The molecule has 6 heteroatoms. The molecule has 102 valence electrons. The highest BCUT2D eigenvalue weighted by atomic mass is 35.5. The lowest BCUT2D eigenvalue weighted by atomic mass is 10.0. The third kappa shape index (κ3) is 3.20. The van der Waals surface area contributed by atoms with Gasteiger partial charge in [0.05, 0.1) is 15.8 Å². The highest BCUT2D eigenvalue weighted by Crippen LogP contribution is 2.35. The van der Waals surface area contributed by atoms with Gasteiger partial charge in [0.15, 0.2) is 11.6 Å². The Balaban J connectivity index is 2.24. The van der Waals surface area contributed by atoms with Gasteiger partial charge in [-0.15, -0.1) is 11.3 Å². The molecule has 0 bridgehead atoms. The highest BCUT2D eigenvalue weighted by molar-refractivity contribution is 7.20. The molecule has 0 fully saturated rings. The average molecular weight is 320 g/mol. The van der Waals surface area contributed by atoms with E-state index in [1.165, 1.54) is 18.4 Å². The fraction of sp³-hybridized carbons (Fsp3) is 0.231. The molecule has 0 aliphatic heterocycles. The summed E-state index contributed by atoms with van der Waals surface area (Å²) in [6.45, 7) is 0.